The van der Waals surface area contributed by atoms with Gasteiger partial charge in [-0.15, -0.1) is 5.10 Å². The number of Topliss-reactive ketones (excluding diaryl/α,β-unsaturated/α-hetero) is 1. The normalized spacial score (nSPS) is 13.5. The van der Waals surface area contributed by atoms with E-state index in [1.54, 1.807) is 10.9 Å². The van der Waals surface area contributed by atoms with Crippen LogP contribution in [0.5, 0.6) is 0 Å². The minimum absolute atomic E-state index is 0.00386. The number of hydrogen-bond acceptors (Lipinski definition) is 4. The Morgan fingerprint density at radius 2 is 1.71 bits per heavy atom. The first-order valence-electron chi connectivity index (χ1n) is 9.22. The van der Waals surface area contributed by atoms with E-state index >= 15 is 0 Å². The van der Waals surface area contributed by atoms with Crippen LogP contribution < -0.4 is 0 Å². The third kappa shape index (κ3) is 6.63. The Labute approximate surface area is 150 Å². The molecule has 0 radical (unpaired) electrons. The SMILES string of the molecule is O=C(C1=CC=CC1)c1cn(CCCCCCCCCCCS)nn1. The van der Waals surface area contributed by atoms with Gasteiger partial charge in [0.25, 0.3) is 0 Å². The summed E-state index contributed by atoms with van der Waals surface area (Å²) in [5.41, 5.74) is 1.27. The summed E-state index contributed by atoms with van der Waals surface area (Å²) in [6.07, 6.45) is 19.8. The maximum Gasteiger partial charge on any atom is 0.211 e. The molecule has 1 aromatic heterocycles. The Bertz CT molecular complexity index is 563. The fourth-order valence-corrected chi connectivity index (χ4v) is 3.14. The summed E-state index contributed by atoms with van der Waals surface area (Å²) in [5.74, 6) is 1.02. The summed E-state index contributed by atoms with van der Waals surface area (Å²) in [5, 5.41) is 8.09. The third-order valence-electron chi connectivity index (χ3n) is 4.38. The lowest BCUT2D eigenvalue weighted by Gasteiger charge is -2.02. The molecule has 0 saturated heterocycles. The number of carbonyl (C=O) groups excluding carboxylic acids is 1. The zero-order chi connectivity index (χ0) is 17.0. The van der Waals surface area contributed by atoms with Crippen molar-refractivity contribution in [2.75, 3.05) is 5.75 Å². The number of thiol groups is 1. The van der Waals surface area contributed by atoms with Gasteiger partial charge in [-0.05, 0) is 25.0 Å². The topological polar surface area (TPSA) is 47.8 Å². The molecule has 0 aliphatic heterocycles. The van der Waals surface area contributed by atoms with Gasteiger partial charge in [-0.1, -0.05) is 68.4 Å². The molecule has 4 nitrogen and oxygen atoms in total. The Morgan fingerprint density at radius 1 is 1.04 bits per heavy atom. The van der Waals surface area contributed by atoms with E-state index in [1.807, 2.05) is 18.2 Å². The Balaban J connectivity index is 1.53. The number of allylic oxidation sites excluding steroid dienone is 4. The van der Waals surface area contributed by atoms with Crippen LogP contribution in [0.15, 0.2) is 30.0 Å². The molecule has 5 heteroatoms. The summed E-state index contributed by atoms with van der Waals surface area (Å²) >= 11 is 4.23. The summed E-state index contributed by atoms with van der Waals surface area (Å²) in [7, 11) is 0. The Morgan fingerprint density at radius 3 is 2.33 bits per heavy atom. The molecule has 1 aliphatic carbocycles. The Hall–Kier alpha value is -1.36. The fourth-order valence-electron chi connectivity index (χ4n) is 2.91. The van der Waals surface area contributed by atoms with E-state index < -0.39 is 0 Å². The number of nitrogens with zero attached hydrogens (tertiary/aromatic N) is 3. The first-order valence-corrected chi connectivity index (χ1v) is 9.86. The number of aromatic nitrogens is 3. The summed E-state index contributed by atoms with van der Waals surface area (Å²) < 4.78 is 1.80. The van der Waals surface area contributed by atoms with Gasteiger partial charge in [0, 0.05) is 12.1 Å². The molecule has 0 aromatic carbocycles. The number of unbranched alkanes of at least 4 members (excludes halogenated alkanes) is 8. The van der Waals surface area contributed by atoms with Crippen molar-refractivity contribution in [2.24, 2.45) is 0 Å². The number of carbonyl (C=O) groups is 1. The first kappa shape index (κ1) is 19.0. The van der Waals surface area contributed by atoms with Gasteiger partial charge in [0.2, 0.25) is 5.78 Å². The quantitative estimate of drug-likeness (QED) is 0.317. The van der Waals surface area contributed by atoms with E-state index in [1.165, 1.54) is 51.4 Å². The van der Waals surface area contributed by atoms with Crippen LogP contribution in [-0.2, 0) is 6.54 Å². The highest BCUT2D eigenvalue weighted by atomic mass is 32.1. The smallest absolute Gasteiger partial charge is 0.211 e. The first-order chi connectivity index (χ1) is 11.8. The average Bonchev–Trinajstić information content (AvgIpc) is 3.28. The van der Waals surface area contributed by atoms with Crippen LogP contribution in [-0.4, -0.2) is 26.5 Å². The van der Waals surface area contributed by atoms with Crippen LogP contribution in [0.1, 0.15) is 74.7 Å². The highest BCUT2D eigenvalue weighted by Crippen LogP contribution is 2.15. The average molecular weight is 348 g/mol. The predicted octanol–water partition coefficient (Wildman–Crippen LogP) is 4.79. The number of rotatable bonds is 13. The number of hydrogen-bond donors (Lipinski definition) is 1. The van der Waals surface area contributed by atoms with E-state index in [0.29, 0.717) is 12.1 Å². The lowest BCUT2D eigenvalue weighted by molar-refractivity contribution is 0.102. The number of aryl methyl sites for hydroxylation is 1. The van der Waals surface area contributed by atoms with Crippen LogP contribution in [0, 0.1) is 0 Å². The molecule has 24 heavy (non-hydrogen) atoms. The lowest BCUT2D eigenvalue weighted by Crippen LogP contribution is -2.02. The predicted molar refractivity (Wildman–Crippen MR) is 102 cm³/mol. The van der Waals surface area contributed by atoms with E-state index in [4.69, 9.17) is 0 Å². The molecular weight excluding hydrogens is 318 g/mol. The second-order valence-electron chi connectivity index (χ2n) is 6.43. The molecule has 0 amide bonds. The van der Waals surface area contributed by atoms with Crippen molar-refractivity contribution in [3.05, 3.63) is 35.7 Å². The minimum atomic E-state index is 0.00386. The van der Waals surface area contributed by atoms with Crippen molar-refractivity contribution in [1.82, 2.24) is 15.0 Å². The van der Waals surface area contributed by atoms with E-state index in [2.05, 4.69) is 22.9 Å². The van der Waals surface area contributed by atoms with Crippen molar-refractivity contribution in [1.29, 1.82) is 0 Å². The molecule has 0 bridgehead atoms. The molecule has 0 N–H and O–H groups in total. The molecule has 1 heterocycles. The summed E-state index contributed by atoms with van der Waals surface area (Å²) in [4.78, 5) is 12.2. The van der Waals surface area contributed by atoms with E-state index in [9.17, 15) is 4.79 Å². The molecule has 0 saturated carbocycles. The van der Waals surface area contributed by atoms with Gasteiger partial charge in [0.15, 0.2) is 5.69 Å². The molecule has 0 unspecified atom stereocenters. The number of ketones is 1. The second kappa shape index (κ2) is 11.2. The van der Waals surface area contributed by atoms with Crippen molar-refractivity contribution in [3.63, 3.8) is 0 Å². The third-order valence-corrected chi connectivity index (χ3v) is 4.70. The van der Waals surface area contributed by atoms with Crippen LogP contribution >= 0.6 is 12.6 Å². The van der Waals surface area contributed by atoms with Crippen molar-refractivity contribution >= 4 is 18.4 Å². The van der Waals surface area contributed by atoms with Gasteiger partial charge in [-0.25, -0.2) is 0 Å². The molecule has 1 aromatic rings. The Kier molecular flexibility index (Phi) is 8.88. The summed E-state index contributed by atoms with van der Waals surface area (Å²) in [6.45, 7) is 0.847. The molecule has 2 rings (SSSR count). The molecule has 132 valence electrons. The highest BCUT2D eigenvalue weighted by Gasteiger charge is 2.16. The van der Waals surface area contributed by atoms with Crippen molar-refractivity contribution in [2.45, 2.75) is 70.8 Å². The monoisotopic (exact) mass is 347 g/mol. The maximum atomic E-state index is 12.2. The van der Waals surface area contributed by atoms with Gasteiger partial charge >= 0.3 is 0 Å². The van der Waals surface area contributed by atoms with Gasteiger partial charge in [-0.2, -0.15) is 12.6 Å². The van der Waals surface area contributed by atoms with E-state index in [-0.39, 0.29) is 5.78 Å². The van der Waals surface area contributed by atoms with Gasteiger partial charge in [0.05, 0.1) is 6.20 Å². The zero-order valence-corrected chi connectivity index (χ0v) is 15.4. The lowest BCUT2D eigenvalue weighted by atomic mass is 10.1. The zero-order valence-electron chi connectivity index (χ0n) is 14.5. The molecule has 0 spiro atoms. The van der Waals surface area contributed by atoms with Crippen molar-refractivity contribution < 1.29 is 4.79 Å². The van der Waals surface area contributed by atoms with Crippen molar-refractivity contribution in [3.8, 4) is 0 Å². The maximum absolute atomic E-state index is 12.2. The minimum Gasteiger partial charge on any atom is -0.287 e. The fraction of sp³-hybridized carbons (Fsp3) is 0.632. The van der Waals surface area contributed by atoms with E-state index in [0.717, 1.165) is 24.3 Å². The molecular formula is C19H29N3OS. The molecule has 1 aliphatic rings. The largest absolute Gasteiger partial charge is 0.287 e. The van der Waals surface area contributed by atoms with Crippen LogP contribution in [0.25, 0.3) is 0 Å². The molecule has 0 atom stereocenters. The van der Waals surface area contributed by atoms with Gasteiger partial charge in [-0.3, -0.25) is 9.48 Å². The van der Waals surface area contributed by atoms with Gasteiger partial charge < -0.3 is 0 Å². The second-order valence-corrected chi connectivity index (χ2v) is 6.87. The van der Waals surface area contributed by atoms with Crippen LogP contribution in [0.3, 0.4) is 0 Å². The summed E-state index contributed by atoms with van der Waals surface area (Å²) in [6, 6.07) is 0. The highest BCUT2D eigenvalue weighted by molar-refractivity contribution is 7.80. The van der Waals surface area contributed by atoms with Crippen LogP contribution in [0.4, 0.5) is 0 Å². The van der Waals surface area contributed by atoms with Gasteiger partial charge in [0.1, 0.15) is 0 Å². The molecule has 0 fully saturated rings. The van der Waals surface area contributed by atoms with Crippen LogP contribution in [0.2, 0.25) is 0 Å². The standard InChI is InChI=1S/C19H29N3OS/c23-19(17-12-8-9-13-17)18-16-22(21-20-18)14-10-6-4-2-1-3-5-7-11-15-24/h8-9,12,16,24H,1-7,10-11,13-15H2.